The van der Waals surface area contributed by atoms with Crippen LogP contribution in [0, 0.1) is 6.92 Å². The van der Waals surface area contributed by atoms with Crippen molar-refractivity contribution in [3.05, 3.63) is 77.6 Å². The van der Waals surface area contributed by atoms with Crippen LogP contribution in [0.5, 0.6) is 5.75 Å². The van der Waals surface area contributed by atoms with Crippen LogP contribution in [0.3, 0.4) is 0 Å². The molecule has 0 saturated carbocycles. The van der Waals surface area contributed by atoms with Gasteiger partial charge in [-0.1, -0.05) is 24.3 Å². The maximum absolute atomic E-state index is 12.5. The number of aromatic nitrogens is 3. The van der Waals surface area contributed by atoms with E-state index in [0.29, 0.717) is 17.8 Å². The molecule has 256 valence electrons. The fraction of sp³-hybridized carbons (Fsp3) is 0.107. The minimum Gasteiger partial charge on any atom is -0.505 e. The second kappa shape index (κ2) is 13.2. The van der Waals surface area contributed by atoms with Gasteiger partial charge >= 0.3 is 0 Å². The van der Waals surface area contributed by atoms with Crippen LogP contribution in [0.4, 0.5) is 34.6 Å². The Morgan fingerprint density at radius 1 is 0.816 bits per heavy atom. The molecule has 0 radical (unpaired) electrons. The van der Waals surface area contributed by atoms with Crippen LogP contribution in [-0.2, 0) is 30.4 Å². The number of nitrogens with one attached hydrogen (secondary N) is 1. The normalized spacial score (nSPS) is 12.4. The van der Waals surface area contributed by atoms with Gasteiger partial charge in [0.05, 0.1) is 10.6 Å². The summed E-state index contributed by atoms with van der Waals surface area (Å²) < 4.78 is 103. The van der Waals surface area contributed by atoms with Gasteiger partial charge in [0.2, 0.25) is 17.2 Å². The van der Waals surface area contributed by atoms with Crippen molar-refractivity contribution in [2.24, 2.45) is 10.2 Å². The van der Waals surface area contributed by atoms with Gasteiger partial charge in [-0.05, 0) is 78.9 Å². The number of nitrogens with zero attached hydrogens (tertiary/aromatic N) is 6. The van der Waals surface area contributed by atoms with Crippen molar-refractivity contribution in [2.75, 3.05) is 16.8 Å². The molecule has 0 aliphatic heterocycles. The van der Waals surface area contributed by atoms with Crippen molar-refractivity contribution in [2.45, 2.75) is 28.5 Å². The minimum absolute atomic E-state index is 0.0616. The van der Waals surface area contributed by atoms with Crippen molar-refractivity contribution in [3.8, 4) is 5.75 Å². The number of benzene rings is 4. The molecule has 0 fully saturated rings. The van der Waals surface area contributed by atoms with Gasteiger partial charge in [0.25, 0.3) is 30.4 Å². The molecule has 5 aromatic rings. The topological polar surface area (TPSA) is 262 Å². The first-order chi connectivity index (χ1) is 22.9. The third-order valence-electron chi connectivity index (χ3n) is 6.82. The number of phenolic OH excluding ortho intramolecular Hbond substituents is 1. The number of fused-ring (bicyclic) bond motifs is 1. The van der Waals surface area contributed by atoms with E-state index in [2.05, 4.69) is 30.5 Å². The highest BCUT2D eigenvalue weighted by atomic mass is 35.5. The summed E-state index contributed by atoms with van der Waals surface area (Å²) in [5, 5.41) is 20.6. The lowest BCUT2D eigenvalue weighted by Gasteiger charge is -2.21. The maximum Gasteiger partial charge on any atom is 0.296 e. The van der Waals surface area contributed by atoms with Crippen molar-refractivity contribution in [1.29, 1.82) is 0 Å². The number of aromatic hydroxyl groups is 1. The number of hydrogen-bond acceptors (Lipinski definition) is 14. The van der Waals surface area contributed by atoms with Crippen LogP contribution in [0.1, 0.15) is 12.5 Å². The number of azo groups is 1. The second-order valence-corrected chi connectivity index (χ2v) is 14.7. The Bertz CT molecular complexity index is 2480. The summed E-state index contributed by atoms with van der Waals surface area (Å²) in [6.45, 7) is 3.72. The van der Waals surface area contributed by atoms with Gasteiger partial charge in [0.15, 0.2) is 5.75 Å². The summed E-state index contributed by atoms with van der Waals surface area (Å²) in [4.78, 5) is 11.7. The molecular weight excluding hydrogens is 726 g/mol. The van der Waals surface area contributed by atoms with Crippen LogP contribution in [-0.4, -0.2) is 65.5 Å². The van der Waals surface area contributed by atoms with Crippen molar-refractivity contribution in [1.82, 2.24) is 15.0 Å². The van der Waals surface area contributed by atoms with Crippen LogP contribution >= 0.6 is 11.6 Å². The molecule has 0 spiro atoms. The summed E-state index contributed by atoms with van der Waals surface area (Å²) in [6.07, 6.45) is 0. The van der Waals surface area contributed by atoms with Crippen molar-refractivity contribution < 1.29 is 44.0 Å². The van der Waals surface area contributed by atoms with E-state index in [1.807, 2.05) is 6.92 Å². The van der Waals surface area contributed by atoms with Gasteiger partial charge in [-0.2, -0.15) is 40.2 Å². The molecule has 5 rings (SSSR count). The molecule has 1 heterocycles. The zero-order valence-electron chi connectivity index (χ0n) is 25.1. The lowest BCUT2D eigenvalue weighted by molar-refractivity contribution is 0.472. The fourth-order valence-corrected chi connectivity index (χ4v) is 6.76. The largest absolute Gasteiger partial charge is 0.505 e. The molecule has 0 bridgehead atoms. The Morgan fingerprint density at radius 2 is 1.49 bits per heavy atom. The van der Waals surface area contributed by atoms with E-state index in [9.17, 15) is 44.0 Å². The van der Waals surface area contributed by atoms with Gasteiger partial charge in [0.1, 0.15) is 21.2 Å². The molecule has 0 aliphatic carbocycles. The SMILES string of the molecule is CCN(c1ccccc1)c1nc(Cl)nc(Nc2cc(S(=O)(=O)O)cc3cc(S(=O)(=O)O)c(N=Nc4ccc(C)cc4S(=O)(=O)O)c(O)c23)n1. The molecule has 0 saturated heterocycles. The molecule has 0 aliphatic rings. The molecule has 1 aromatic heterocycles. The monoisotopic (exact) mass is 749 g/mol. The zero-order chi connectivity index (χ0) is 35.9. The first kappa shape index (κ1) is 35.5. The van der Waals surface area contributed by atoms with E-state index in [0.717, 1.165) is 30.3 Å². The van der Waals surface area contributed by atoms with Gasteiger partial charge in [-0.3, -0.25) is 13.7 Å². The average molecular weight is 750 g/mol. The molecule has 49 heavy (non-hydrogen) atoms. The van der Waals surface area contributed by atoms with Gasteiger partial charge in [-0.15, -0.1) is 10.2 Å². The van der Waals surface area contributed by atoms with E-state index in [4.69, 9.17) is 11.6 Å². The second-order valence-electron chi connectivity index (χ2n) is 10.2. The summed E-state index contributed by atoms with van der Waals surface area (Å²) in [5.74, 6) is -1.22. The van der Waals surface area contributed by atoms with Gasteiger partial charge < -0.3 is 15.3 Å². The van der Waals surface area contributed by atoms with Gasteiger partial charge in [0, 0.05) is 17.6 Å². The fourth-order valence-electron chi connectivity index (χ4n) is 4.70. The smallest absolute Gasteiger partial charge is 0.296 e. The lowest BCUT2D eigenvalue weighted by Crippen LogP contribution is -2.19. The molecule has 0 atom stereocenters. The Kier molecular flexibility index (Phi) is 9.58. The van der Waals surface area contributed by atoms with Crippen LogP contribution in [0.2, 0.25) is 5.28 Å². The molecule has 4 aromatic carbocycles. The summed E-state index contributed by atoms with van der Waals surface area (Å²) in [7, 11) is -15.0. The number of rotatable bonds is 10. The number of aryl methyl sites for hydroxylation is 1. The first-order valence-electron chi connectivity index (χ1n) is 13.7. The number of hydrogen-bond donors (Lipinski definition) is 5. The quantitative estimate of drug-likeness (QED) is 0.0841. The highest BCUT2D eigenvalue weighted by molar-refractivity contribution is 7.86. The zero-order valence-corrected chi connectivity index (χ0v) is 28.3. The Labute approximate surface area is 284 Å². The van der Waals surface area contributed by atoms with Crippen LogP contribution < -0.4 is 10.2 Å². The van der Waals surface area contributed by atoms with E-state index in [-0.39, 0.29) is 33.6 Å². The average Bonchev–Trinajstić information content (AvgIpc) is 3.00. The molecule has 5 N–H and O–H groups in total. The standard InChI is InChI=1S/C28H24ClN7O10S3/c1-3-36(17-7-5-4-6-8-17)28-32-26(29)31-27(33-28)30-20-14-18(47(38,39)40)12-16-13-22(49(44,45)46)24(25(37)23(16)20)35-34-19-10-9-15(2)11-21(19)48(41,42)43/h4-14,37H,3H2,1-2H3,(H,38,39,40)(H,41,42,43)(H,44,45,46)(H,30,31,32,33). The summed E-state index contributed by atoms with van der Waals surface area (Å²) in [5.41, 5.74) is -0.592. The Balaban J connectivity index is 1.75. The van der Waals surface area contributed by atoms with E-state index in [1.165, 1.54) is 13.0 Å². The molecule has 0 unspecified atom stereocenters. The molecule has 0 amide bonds. The number of anilines is 4. The number of phenols is 1. The molecular formula is C28H24ClN7O10S3. The molecule has 21 heteroatoms. The predicted octanol–water partition coefficient (Wildman–Crippen LogP) is 5.75. The Hall–Kier alpha value is -4.83. The first-order valence-corrected chi connectivity index (χ1v) is 18.4. The van der Waals surface area contributed by atoms with Crippen molar-refractivity contribution in [3.63, 3.8) is 0 Å². The van der Waals surface area contributed by atoms with Crippen LogP contribution in [0.25, 0.3) is 10.8 Å². The minimum atomic E-state index is -5.24. The third-order valence-corrected chi connectivity index (χ3v) is 9.57. The predicted molar refractivity (Wildman–Crippen MR) is 178 cm³/mol. The van der Waals surface area contributed by atoms with E-state index < -0.39 is 62.2 Å². The number of para-hydroxylation sites is 1. The lowest BCUT2D eigenvalue weighted by atomic mass is 10.1. The van der Waals surface area contributed by atoms with Gasteiger partial charge in [-0.25, -0.2) is 0 Å². The summed E-state index contributed by atoms with van der Waals surface area (Å²) >= 11 is 6.21. The third kappa shape index (κ3) is 7.75. The molecule has 17 nitrogen and oxygen atoms in total. The van der Waals surface area contributed by atoms with Crippen LogP contribution in [0.15, 0.2) is 91.6 Å². The highest BCUT2D eigenvalue weighted by Gasteiger charge is 2.26. The number of halogens is 1. The van der Waals surface area contributed by atoms with E-state index in [1.54, 1.807) is 35.2 Å². The highest BCUT2D eigenvalue weighted by Crippen LogP contribution is 2.46. The Morgan fingerprint density at radius 3 is 2.10 bits per heavy atom. The maximum atomic E-state index is 12.5. The van der Waals surface area contributed by atoms with E-state index >= 15 is 0 Å². The summed E-state index contributed by atoms with van der Waals surface area (Å²) in [6, 6.07) is 15.0. The van der Waals surface area contributed by atoms with Crippen molar-refractivity contribution >= 4 is 87.4 Å².